The Labute approximate surface area is 121 Å². The highest BCUT2D eigenvalue weighted by molar-refractivity contribution is 7.11. The maximum Gasteiger partial charge on any atom is 0.332 e. The molecule has 0 radical (unpaired) electrons. The SMILES string of the molecule is Cc1cnc(C(C)(C)NC(=O)[C@@H]2CC[C@H](C(=O)O)O2)s1. The van der Waals surface area contributed by atoms with E-state index in [1.54, 1.807) is 6.20 Å². The molecule has 20 heavy (non-hydrogen) atoms. The molecule has 2 atom stereocenters. The van der Waals surface area contributed by atoms with E-state index in [1.807, 2.05) is 20.8 Å². The number of nitrogens with one attached hydrogen (secondary N) is 1. The summed E-state index contributed by atoms with van der Waals surface area (Å²) in [4.78, 5) is 28.3. The van der Waals surface area contributed by atoms with Crippen LogP contribution in [0.25, 0.3) is 0 Å². The highest BCUT2D eigenvalue weighted by Gasteiger charge is 2.37. The summed E-state index contributed by atoms with van der Waals surface area (Å²) in [6.07, 6.45) is 0.979. The van der Waals surface area contributed by atoms with Crippen molar-refractivity contribution in [1.82, 2.24) is 10.3 Å². The number of thiazole rings is 1. The summed E-state index contributed by atoms with van der Waals surface area (Å²) in [6, 6.07) is 0. The molecule has 2 heterocycles. The maximum absolute atomic E-state index is 12.2. The van der Waals surface area contributed by atoms with E-state index in [4.69, 9.17) is 9.84 Å². The molecule has 0 aromatic carbocycles. The number of nitrogens with zero attached hydrogens (tertiary/aromatic N) is 1. The van der Waals surface area contributed by atoms with Gasteiger partial charge in [0.25, 0.3) is 0 Å². The van der Waals surface area contributed by atoms with Gasteiger partial charge in [-0.3, -0.25) is 4.79 Å². The number of hydrogen-bond donors (Lipinski definition) is 2. The first kappa shape index (κ1) is 14.9. The maximum atomic E-state index is 12.2. The monoisotopic (exact) mass is 298 g/mol. The molecule has 0 spiro atoms. The van der Waals surface area contributed by atoms with Gasteiger partial charge in [0.05, 0.1) is 5.54 Å². The van der Waals surface area contributed by atoms with Gasteiger partial charge >= 0.3 is 5.97 Å². The normalized spacial score (nSPS) is 22.8. The van der Waals surface area contributed by atoms with Crippen molar-refractivity contribution in [3.8, 4) is 0 Å². The lowest BCUT2D eigenvalue weighted by atomic mass is 10.1. The molecular formula is C13H18N2O4S. The summed E-state index contributed by atoms with van der Waals surface area (Å²) in [6.45, 7) is 5.69. The summed E-state index contributed by atoms with van der Waals surface area (Å²) in [5.74, 6) is -1.30. The second-order valence-electron chi connectivity index (χ2n) is 5.42. The molecular weight excluding hydrogens is 280 g/mol. The summed E-state index contributed by atoms with van der Waals surface area (Å²) in [7, 11) is 0. The Bertz CT molecular complexity index is 526. The van der Waals surface area contributed by atoms with Crippen molar-refractivity contribution in [3.05, 3.63) is 16.1 Å². The zero-order valence-corrected chi connectivity index (χ0v) is 12.5. The van der Waals surface area contributed by atoms with Crippen LogP contribution < -0.4 is 5.32 Å². The van der Waals surface area contributed by atoms with E-state index in [0.717, 1.165) is 9.88 Å². The minimum Gasteiger partial charge on any atom is -0.479 e. The Morgan fingerprint density at radius 1 is 1.45 bits per heavy atom. The fourth-order valence-corrected chi connectivity index (χ4v) is 2.92. The lowest BCUT2D eigenvalue weighted by molar-refractivity contribution is -0.152. The van der Waals surface area contributed by atoms with Gasteiger partial charge in [0.1, 0.15) is 11.1 Å². The van der Waals surface area contributed by atoms with Crippen LogP contribution in [0.3, 0.4) is 0 Å². The van der Waals surface area contributed by atoms with E-state index in [-0.39, 0.29) is 5.91 Å². The molecule has 1 amide bonds. The van der Waals surface area contributed by atoms with E-state index < -0.39 is 23.7 Å². The van der Waals surface area contributed by atoms with Crippen LogP contribution in [-0.2, 0) is 19.9 Å². The molecule has 1 aromatic heterocycles. The Balaban J connectivity index is 1.99. The molecule has 1 saturated heterocycles. The van der Waals surface area contributed by atoms with Crippen molar-refractivity contribution < 1.29 is 19.4 Å². The Morgan fingerprint density at radius 2 is 2.10 bits per heavy atom. The third-order valence-electron chi connectivity index (χ3n) is 3.18. The smallest absolute Gasteiger partial charge is 0.332 e. The Morgan fingerprint density at radius 3 is 2.60 bits per heavy atom. The first-order valence-corrected chi connectivity index (χ1v) is 7.24. The van der Waals surface area contributed by atoms with Gasteiger partial charge in [0.15, 0.2) is 6.10 Å². The van der Waals surface area contributed by atoms with E-state index in [1.165, 1.54) is 11.3 Å². The summed E-state index contributed by atoms with van der Waals surface area (Å²) in [5.41, 5.74) is -0.597. The number of carboxylic acids is 1. The van der Waals surface area contributed by atoms with E-state index in [2.05, 4.69) is 10.3 Å². The molecule has 0 bridgehead atoms. The highest BCUT2D eigenvalue weighted by atomic mass is 32.1. The molecule has 0 aliphatic carbocycles. The lowest BCUT2D eigenvalue weighted by Crippen LogP contribution is -2.46. The van der Waals surface area contributed by atoms with Gasteiger partial charge in [-0.05, 0) is 33.6 Å². The summed E-state index contributed by atoms with van der Waals surface area (Å²) >= 11 is 1.52. The van der Waals surface area contributed by atoms with Crippen LogP contribution in [0.1, 0.15) is 36.6 Å². The quantitative estimate of drug-likeness (QED) is 0.878. The van der Waals surface area contributed by atoms with Gasteiger partial charge in [0, 0.05) is 11.1 Å². The van der Waals surface area contributed by atoms with Crippen LogP contribution in [0, 0.1) is 6.92 Å². The van der Waals surface area contributed by atoms with Crippen molar-refractivity contribution in [2.45, 2.75) is 51.4 Å². The number of aliphatic carboxylic acids is 1. The fourth-order valence-electron chi connectivity index (χ4n) is 2.10. The summed E-state index contributed by atoms with van der Waals surface area (Å²) < 4.78 is 5.24. The van der Waals surface area contributed by atoms with Gasteiger partial charge in [-0.25, -0.2) is 9.78 Å². The van der Waals surface area contributed by atoms with E-state index in [9.17, 15) is 9.59 Å². The number of aryl methyl sites for hydroxylation is 1. The molecule has 0 saturated carbocycles. The molecule has 7 heteroatoms. The standard InChI is InChI=1S/C13H18N2O4S/c1-7-6-14-12(20-7)13(2,3)15-10(16)8-4-5-9(19-8)11(17)18/h6,8-9H,4-5H2,1-3H3,(H,15,16)(H,17,18)/t8-,9+/m0/s1. The second kappa shape index (κ2) is 5.49. The number of rotatable bonds is 4. The number of ether oxygens (including phenoxy) is 1. The molecule has 1 aliphatic rings. The van der Waals surface area contributed by atoms with Crippen LogP contribution in [0.5, 0.6) is 0 Å². The van der Waals surface area contributed by atoms with Gasteiger partial charge in [-0.2, -0.15) is 0 Å². The van der Waals surface area contributed by atoms with Crippen molar-refractivity contribution in [2.24, 2.45) is 0 Å². The predicted octanol–water partition coefficient (Wildman–Crippen LogP) is 1.44. The molecule has 1 aromatic rings. The third-order valence-corrected chi connectivity index (χ3v) is 4.42. The molecule has 2 N–H and O–H groups in total. The second-order valence-corrected chi connectivity index (χ2v) is 6.65. The molecule has 2 rings (SSSR count). The van der Waals surface area contributed by atoms with E-state index in [0.29, 0.717) is 12.8 Å². The first-order valence-electron chi connectivity index (χ1n) is 6.43. The van der Waals surface area contributed by atoms with Crippen molar-refractivity contribution in [1.29, 1.82) is 0 Å². The molecule has 110 valence electrons. The van der Waals surface area contributed by atoms with E-state index >= 15 is 0 Å². The van der Waals surface area contributed by atoms with Gasteiger partial charge in [-0.15, -0.1) is 11.3 Å². The number of carboxylic acid groups (broad SMARTS) is 1. The molecule has 0 unspecified atom stereocenters. The van der Waals surface area contributed by atoms with Crippen LogP contribution in [0.15, 0.2) is 6.20 Å². The average Bonchev–Trinajstić information content (AvgIpc) is 2.96. The molecule has 1 fully saturated rings. The van der Waals surface area contributed by atoms with Crippen LogP contribution in [0.4, 0.5) is 0 Å². The van der Waals surface area contributed by atoms with Gasteiger partial charge < -0.3 is 15.2 Å². The number of carbonyl (C=O) groups excluding carboxylic acids is 1. The largest absolute Gasteiger partial charge is 0.479 e. The third kappa shape index (κ3) is 3.16. The minimum atomic E-state index is -1.02. The Hall–Kier alpha value is -1.47. The number of hydrogen-bond acceptors (Lipinski definition) is 5. The summed E-state index contributed by atoms with van der Waals surface area (Å²) in [5, 5.41) is 12.6. The van der Waals surface area contributed by atoms with Crippen molar-refractivity contribution in [2.75, 3.05) is 0 Å². The zero-order valence-electron chi connectivity index (χ0n) is 11.7. The Kier molecular flexibility index (Phi) is 4.10. The molecule has 1 aliphatic heterocycles. The minimum absolute atomic E-state index is 0.286. The average molecular weight is 298 g/mol. The zero-order chi connectivity index (χ0) is 14.9. The van der Waals surface area contributed by atoms with Gasteiger partial charge in [0.2, 0.25) is 5.91 Å². The van der Waals surface area contributed by atoms with Crippen molar-refractivity contribution in [3.63, 3.8) is 0 Å². The lowest BCUT2D eigenvalue weighted by Gasteiger charge is -2.25. The topological polar surface area (TPSA) is 88.5 Å². The van der Waals surface area contributed by atoms with Crippen LogP contribution in [-0.4, -0.2) is 34.2 Å². The number of amides is 1. The van der Waals surface area contributed by atoms with Crippen molar-refractivity contribution >= 4 is 23.2 Å². The highest BCUT2D eigenvalue weighted by Crippen LogP contribution is 2.26. The fraction of sp³-hybridized carbons (Fsp3) is 0.615. The predicted molar refractivity (Wildman–Crippen MR) is 73.6 cm³/mol. The first-order chi connectivity index (χ1) is 9.29. The number of carbonyl (C=O) groups is 2. The van der Waals surface area contributed by atoms with Gasteiger partial charge in [-0.1, -0.05) is 0 Å². The van der Waals surface area contributed by atoms with Crippen LogP contribution >= 0.6 is 11.3 Å². The number of aromatic nitrogens is 1. The van der Waals surface area contributed by atoms with Crippen LogP contribution in [0.2, 0.25) is 0 Å². The molecule has 6 nitrogen and oxygen atoms in total.